The molecule has 0 saturated heterocycles. The van der Waals surface area contributed by atoms with Crippen molar-refractivity contribution in [3.8, 4) is 11.5 Å². The van der Waals surface area contributed by atoms with Gasteiger partial charge in [-0.25, -0.2) is 0 Å². The standard InChI is InChI=1S/C9H13NO3/c1-3-13-9-6-7(10(2)12)4-5-8(9)11/h4-6,11-12H,3H2,1-2H3/p-1. The summed E-state index contributed by atoms with van der Waals surface area (Å²) in [5.41, 5.74) is 0.531. The number of hydrogen-bond acceptors (Lipinski definition) is 4. The molecule has 0 saturated carbocycles. The van der Waals surface area contributed by atoms with Crippen LogP contribution >= 0.6 is 0 Å². The molecule has 72 valence electrons. The normalized spacial score (nSPS) is 9.77. The van der Waals surface area contributed by atoms with Crippen molar-refractivity contribution in [2.75, 3.05) is 18.7 Å². The van der Waals surface area contributed by atoms with Crippen LogP contribution in [0.15, 0.2) is 18.2 Å². The van der Waals surface area contributed by atoms with Gasteiger partial charge in [-0.2, -0.15) is 0 Å². The molecule has 0 amide bonds. The molecule has 0 atom stereocenters. The second kappa shape index (κ2) is 4.00. The molecule has 0 aliphatic rings. The number of hydrogen-bond donors (Lipinski definition) is 1. The second-order valence-corrected chi connectivity index (χ2v) is 2.59. The highest BCUT2D eigenvalue weighted by Crippen LogP contribution is 2.27. The summed E-state index contributed by atoms with van der Waals surface area (Å²) >= 11 is 0. The van der Waals surface area contributed by atoms with E-state index in [2.05, 4.69) is 0 Å². The Morgan fingerprint density at radius 2 is 2.23 bits per heavy atom. The van der Waals surface area contributed by atoms with Crippen molar-refractivity contribution in [3.63, 3.8) is 0 Å². The van der Waals surface area contributed by atoms with Crippen molar-refractivity contribution in [1.82, 2.24) is 0 Å². The SMILES string of the molecule is CCOc1cc(N(C)O)ccc1[O-]. The Balaban J connectivity index is 2.97. The first-order chi connectivity index (χ1) is 6.15. The minimum Gasteiger partial charge on any atom is -0.870 e. The average molecular weight is 182 g/mol. The van der Waals surface area contributed by atoms with Gasteiger partial charge in [-0.3, -0.25) is 10.3 Å². The summed E-state index contributed by atoms with van der Waals surface area (Å²) in [5.74, 6) is 0.0911. The molecule has 0 bridgehead atoms. The predicted octanol–water partition coefficient (Wildman–Crippen LogP) is 0.984. The van der Waals surface area contributed by atoms with Crippen molar-refractivity contribution in [3.05, 3.63) is 18.2 Å². The van der Waals surface area contributed by atoms with Crippen LogP contribution in [0.1, 0.15) is 6.92 Å². The first-order valence-electron chi connectivity index (χ1n) is 4.01. The van der Waals surface area contributed by atoms with Crippen LogP contribution in [-0.4, -0.2) is 18.9 Å². The van der Waals surface area contributed by atoms with Crippen LogP contribution in [0.5, 0.6) is 11.5 Å². The van der Waals surface area contributed by atoms with Gasteiger partial charge < -0.3 is 9.84 Å². The summed E-state index contributed by atoms with van der Waals surface area (Å²) in [4.78, 5) is 0. The molecule has 1 aromatic carbocycles. The lowest BCUT2D eigenvalue weighted by Gasteiger charge is -2.17. The third kappa shape index (κ3) is 2.26. The molecule has 0 aliphatic heterocycles. The van der Waals surface area contributed by atoms with E-state index in [9.17, 15) is 5.11 Å². The van der Waals surface area contributed by atoms with Crippen molar-refractivity contribution in [2.24, 2.45) is 0 Å². The molecule has 0 unspecified atom stereocenters. The second-order valence-electron chi connectivity index (χ2n) is 2.59. The van der Waals surface area contributed by atoms with E-state index in [0.717, 1.165) is 5.06 Å². The molecule has 0 aliphatic carbocycles. The summed E-state index contributed by atoms with van der Waals surface area (Å²) in [7, 11) is 1.48. The number of hydroxylamine groups is 1. The summed E-state index contributed by atoms with van der Waals surface area (Å²) < 4.78 is 5.08. The summed E-state index contributed by atoms with van der Waals surface area (Å²) in [6.45, 7) is 2.24. The minimum absolute atomic E-state index is 0.174. The van der Waals surface area contributed by atoms with Gasteiger partial charge in [0.1, 0.15) is 5.75 Å². The number of benzene rings is 1. The molecule has 4 nitrogen and oxygen atoms in total. The van der Waals surface area contributed by atoms with Crippen LogP contribution in [0.2, 0.25) is 0 Å². The number of rotatable bonds is 3. The van der Waals surface area contributed by atoms with E-state index in [1.165, 1.54) is 25.2 Å². The summed E-state index contributed by atoms with van der Waals surface area (Å²) in [6, 6.07) is 4.41. The van der Waals surface area contributed by atoms with Crippen LogP contribution in [-0.2, 0) is 0 Å². The van der Waals surface area contributed by atoms with Gasteiger partial charge in [0.05, 0.1) is 12.3 Å². The fourth-order valence-electron chi connectivity index (χ4n) is 0.966. The van der Waals surface area contributed by atoms with Crippen LogP contribution in [0.4, 0.5) is 5.69 Å². The van der Waals surface area contributed by atoms with Gasteiger partial charge >= 0.3 is 0 Å². The maximum atomic E-state index is 11.2. The maximum absolute atomic E-state index is 11.2. The van der Waals surface area contributed by atoms with Crippen molar-refractivity contribution in [2.45, 2.75) is 6.92 Å². The topological polar surface area (TPSA) is 55.8 Å². The molecule has 0 heterocycles. The number of anilines is 1. The molecule has 1 N–H and O–H groups in total. The smallest absolute Gasteiger partial charge is 0.113 e. The molecule has 13 heavy (non-hydrogen) atoms. The fourth-order valence-corrected chi connectivity index (χ4v) is 0.966. The lowest BCUT2D eigenvalue weighted by molar-refractivity contribution is -0.270. The molecule has 4 heteroatoms. The van der Waals surface area contributed by atoms with Crippen molar-refractivity contribution < 1.29 is 15.1 Å². The highest BCUT2D eigenvalue weighted by Gasteiger charge is 2.00. The lowest BCUT2D eigenvalue weighted by atomic mass is 10.3. The highest BCUT2D eigenvalue weighted by atomic mass is 16.5. The Hall–Kier alpha value is -1.42. The van der Waals surface area contributed by atoms with Crippen LogP contribution in [0.25, 0.3) is 0 Å². The Morgan fingerprint density at radius 3 is 2.77 bits per heavy atom. The van der Waals surface area contributed by atoms with Crippen LogP contribution in [0, 0.1) is 0 Å². The molecular formula is C9H12NO3-. The zero-order chi connectivity index (χ0) is 9.84. The molecule has 0 fully saturated rings. The van der Waals surface area contributed by atoms with Gasteiger partial charge in [-0.15, -0.1) is 0 Å². The van der Waals surface area contributed by atoms with Gasteiger partial charge in [-0.1, -0.05) is 11.8 Å². The van der Waals surface area contributed by atoms with Crippen LogP contribution < -0.4 is 14.9 Å². The summed E-state index contributed by atoms with van der Waals surface area (Å²) in [6.07, 6.45) is 0. The first-order valence-corrected chi connectivity index (χ1v) is 4.01. The monoisotopic (exact) mass is 182 g/mol. The predicted molar refractivity (Wildman–Crippen MR) is 47.2 cm³/mol. The zero-order valence-electron chi connectivity index (χ0n) is 7.65. The Labute approximate surface area is 76.9 Å². The summed E-state index contributed by atoms with van der Waals surface area (Å²) in [5, 5.41) is 21.2. The lowest BCUT2D eigenvalue weighted by Crippen LogP contribution is -2.10. The van der Waals surface area contributed by atoms with E-state index in [-0.39, 0.29) is 11.5 Å². The number of ether oxygens (including phenoxy) is 1. The minimum atomic E-state index is -0.174. The maximum Gasteiger partial charge on any atom is 0.113 e. The van der Waals surface area contributed by atoms with E-state index < -0.39 is 0 Å². The average Bonchev–Trinajstić information content (AvgIpc) is 2.08. The molecule has 0 radical (unpaired) electrons. The molecule has 1 aromatic rings. The van der Waals surface area contributed by atoms with Gasteiger partial charge in [0, 0.05) is 13.1 Å². The van der Waals surface area contributed by atoms with E-state index in [4.69, 9.17) is 9.94 Å². The molecule has 0 aromatic heterocycles. The first kappa shape index (κ1) is 9.67. The van der Waals surface area contributed by atoms with Crippen molar-refractivity contribution >= 4 is 5.69 Å². The van der Waals surface area contributed by atoms with E-state index in [1.807, 2.05) is 0 Å². The third-order valence-corrected chi connectivity index (χ3v) is 1.60. The Kier molecular flexibility index (Phi) is 2.97. The van der Waals surface area contributed by atoms with E-state index >= 15 is 0 Å². The van der Waals surface area contributed by atoms with Gasteiger partial charge in [0.15, 0.2) is 0 Å². The van der Waals surface area contributed by atoms with E-state index in [1.54, 1.807) is 6.92 Å². The largest absolute Gasteiger partial charge is 0.870 e. The van der Waals surface area contributed by atoms with Crippen molar-refractivity contribution in [1.29, 1.82) is 0 Å². The number of nitrogens with zero attached hydrogens (tertiary/aromatic N) is 1. The fraction of sp³-hybridized carbons (Fsp3) is 0.333. The van der Waals surface area contributed by atoms with Gasteiger partial charge in [0.25, 0.3) is 0 Å². The molecule has 0 spiro atoms. The third-order valence-electron chi connectivity index (χ3n) is 1.60. The molecule has 1 rings (SSSR count). The zero-order valence-corrected chi connectivity index (χ0v) is 7.65. The van der Waals surface area contributed by atoms with Gasteiger partial charge in [-0.05, 0) is 13.0 Å². The quantitative estimate of drug-likeness (QED) is 0.708. The van der Waals surface area contributed by atoms with Crippen LogP contribution in [0.3, 0.4) is 0 Å². The molecular weight excluding hydrogens is 170 g/mol. The van der Waals surface area contributed by atoms with Gasteiger partial charge in [0.2, 0.25) is 0 Å². The highest BCUT2D eigenvalue weighted by molar-refractivity contribution is 5.53. The van der Waals surface area contributed by atoms with E-state index in [0.29, 0.717) is 12.3 Å². The Morgan fingerprint density at radius 1 is 1.54 bits per heavy atom. The Bertz CT molecular complexity index is 286.